The number of para-hydroxylation sites is 1. The Bertz CT molecular complexity index is 215. The number of nitrogens with two attached hydrogens (primary N) is 1. The quantitative estimate of drug-likeness (QED) is 0.401. The maximum atomic E-state index is 9.15. The van der Waals surface area contributed by atoms with Crippen LogP contribution in [0.4, 0.5) is 11.4 Å². The fraction of sp³-hybridized carbons (Fsp3) is 0.143. The zero-order valence-electron chi connectivity index (χ0n) is 5.76. The molecule has 0 fully saturated rings. The van der Waals surface area contributed by atoms with Crippen LogP contribution < -0.4 is 11.1 Å². The van der Waals surface area contributed by atoms with Crippen LogP contribution in [0.1, 0.15) is 0 Å². The molecule has 3 nitrogen and oxygen atoms in total. The second kappa shape index (κ2) is 2.47. The summed E-state index contributed by atoms with van der Waals surface area (Å²) in [4.78, 5) is 0. The topological polar surface area (TPSA) is 58.3 Å². The van der Waals surface area contributed by atoms with Gasteiger partial charge < -0.3 is 16.2 Å². The molecule has 0 aliphatic heterocycles. The van der Waals surface area contributed by atoms with Crippen LogP contribution >= 0.6 is 0 Å². The van der Waals surface area contributed by atoms with Crippen molar-refractivity contribution >= 4 is 11.4 Å². The molecule has 1 aromatic carbocycles. The lowest BCUT2D eigenvalue weighted by molar-refractivity contribution is 0.478. The van der Waals surface area contributed by atoms with Crippen molar-refractivity contribution in [1.82, 2.24) is 0 Å². The molecule has 0 aliphatic rings. The van der Waals surface area contributed by atoms with Crippen molar-refractivity contribution in [3.63, 3.8) is 0 Å². The molecule has 4 N–H and O–H groups in total. The Hall–Kier alpha value is -1.38. The van der Waals surface area contributed by atoms with E-state index in [4.69, 9.17) is 10.8 Å². The van der Waals surface area contributed by atoms with E-state index in [0.717, 1.165) is 0 Å². The van der Waals surface area contributed by atoms with Crippen molar-refractivity contribution < 1.29 is 5.11 Å². The molecule has 0 heterocycles. The zero-order chi connectivity index (χ0) is 7.56. The summed E-state index contributed by atoms with van der Waals surface area (Å²) in [5.74, 6) is 0.183. The largest absolute Gasteiger partial charge is 0.506 e. The van der Waals surface area contributed by atoms with Crippen LogP contribution in [0.3, 0.4) is 0 Å². The van der Waals surface area contributed by atoms with E-state index in [-0.39, 0.29) is 5.75 Å². The highest BCUT2D eigenvalue weighted by molar-refractivity contribution is 5.72. The van der Waals surface area contributed by atoms with Crippen LogP contribution in [0.5, 0.6) is 5.75 Å². The number of nitrogen functional groups attached to an aromatic ring is 1. The number of nitrogens with one attached hydrogen (secondary N) is 1. The van der Waals surface area contributed by atoms with Gasteiger partial charge in [-0.2, -0.15) is 0 Å². The number of hydrogen-bond donors (Lipinski definition) is 3. The number of benzene rings is 1. The van der Waals surface area contributed by atoms with Crippen LogP contribution in [-0.2, 0) is 0 Å². The standard InChI is InChI=1S/C7H10N2O/c1-9-7-5(8)3-2-4-6(7)10/h2-4,9-10H,8H2,1H3. The number of rotatable bonds is 1. The zero-order valence-corrected chi connectivity index (χ0v) is 5.76. The highest BCUT2D eigenvalue weighted by Crippen LogP contribution is 2.27. The molecule has 0 aromatic heterocycles. The summed E-state index contributed by atoms with van der Waals surface area (Å²) in [5.41, 5.74) is 6.65. The molecule has 0 bridgehead atoms. The Balaban J connectivity index is 3.17. The summed E-state index contributed by atoms with van der Waals surface area (Å²) in [6.07, 6.45) is 0. The number of anilines is 2. The van der Waals surface area contributed by atoms with Gasteiger partial charge in [-0.1, -0.05) is 6.07 Å². The SMILES string of the molecule is CNc1c(N)cccc1O. The minimum Gasteiger partial charge on any atom is -0.506 e. The molecule has 0 saturated carbocycles. The second-order valence-electron chi connectivity index (χ2n) is 1.99. The first-order chi connectivity index (χ1) is 4.75. The minimum absolute atomic E-state index is 0.183. The summed E-state index contributed by atoms with van der Waals surface area (Å²) in [5, 5.41) is 11.9. The molecule has 0 atom stereocenters. The molecule has 0 radical (unpaired) electrons. The first-order valence-corrected chi connectivity index (χ1v) is 3.01. The van der Waals surface area contributed by atoms with Gasteiger partial charge >= 0.3 is 0 Å². The Morgan fingerprint density at radius 3 is 2.60 bits per heavy atom. The third kappa shape index (κ3) is 0.978. The maximum absolute atomic E-state index is 9.15. The predicted octanol–water partition coefficient (Wildman–Crippen LogP) is 1.02. The Morgan fingerprint density at radius 2 is 2.20 bits per heavy atom. The third-order valence-electron chi connectivity index (χ3n) is 1.32. The molecule has 3 heteroatoms. The molecule has 1 rings (SSSR count). The third-order valence-corrected chi connectivity index (χ3v) is 1.32. The number of phenolic OH excluding ortho intramolecular Hbond substituents is 1. The number of aromatic hydroxyl groups is 1. The normalized spacial score (nSPS) is 9.30. The molecule has 10 heavy (non-hydrogen) atoms. The second-order valence-corrected chi connectivity index (χ2v) is 1.99. The van der Waals surface area contributed by atoms with E-state index in [1.54, 1.807) is 25.2 Å². The fourth-order valence-electron chi connectivity index (χ4n) is 0.830. The van der Waals surface area contributed by atoms with Gasteiger partial charge in [0.15, 0.2) is 0 Å². The van der Waals surface area contributed by atoms with Crippen LogP contribution in [0.2, 0.25) is 0 Å². The van der Waals surface area contributed by atoms with Crippen molar-refractivity contribution in [3.8, 4) is 5.75 Å². The van der Waals surface area contributed by atoms with Gasteiger partial charge in [0.25, 0.3) is 0 Å². The molecule has 0 spiro atoms. The predicted molar refractivity (Wildman–Crippen MR) is 42.1 cm³/mol. The van der Waals surface area contributed by atoms with E-state index in [2.05, 4.69) is 5.32 Å². The van der Waals surface area contributed by atoms with E-state index in [0.29, 0.717) is 11.4 Å². The van der Waals surface area contributed by atoms with Crippen molar-refractivity contribution in [3.05, 3.63) is 18.2 Å². The maximum Gasteiger partial charge on any atom is 0.140 e. The monoisotopic (exact) mass is 138 g/mol. The van der Waals surface area contributed by atoms with E-state index in [1.807, 2.05) is 0 Å². The van der Waals surface area contributed by atoms with Crippen molar-refractivity contribution in [1.29, 1.82) is 0 Å². The summed E-state index contributed by atoms with van der Waals surface area (Å²) in [7, 11) is 1.71. The molecule has 0 unspecified atom stereocenters. The lowest BCUT2D eigenvalue weighted by Crippen LogP contribution is -1.94. The molecular weight excluding hydrogens is 128 g/mol. The van der Waals surface area contributed by atoms with Gasteiger partial charge in [0.1, 0.15) is 5.75 Å². The average Bonchev–Trinajstić information content (AvgIpc) is 1.88. The average molecular weight is 138 g/mol. The summed E-state index contributed by atoms with van der Waals surface area (Å²) < 4.78 is 0. The molecule has 0 aliphatic carbocycles. The van der Waals surface area contributed by atoms with E-state index in [1.165, 1.54) is 0 Å². The summed E-state index contributed by atoms with van der Waals surface area (Å²) >= 11 is 0. The number of phenols is 1. The van der Waals surface area contributed by atoms with Crippen LogP contribution in [0.25, 0.3) is 0 Å². The van der Waals surface area contributed by atoms with Gasteiger partial charge in [-0.25, -0.2) is 0 Å². The molecule has 54 valence electrons. The van der Waals surface area contributed by atoms with Gasteiger partial charge in [0, 0.05) is 7.05 Å². The molecule has 1 aromatic rings. The van der Waals surface area contributed by atoms with Gasteiger partial charge in [0.05, 0.1) is 11.4 Å². The van der Waals surface area contributed by atoms with E-state index in [9.17, 15) is 0 Å². The van der Waals surface area contributed by atoms with Crippen LogP contribution in [-0.4, -0.2) is 12.2 Å². The van der Waals surface area contributed by atoms with Crippen LogP contribution in [0.15, 0.2) is 18.2 Å². The lowest BCUT2D eigenvalue weighted by atomic mass is 10.2. The molecular formula is C7H10N2O. The smallest absolute Gasteiger partial charge is 0.140 e. The Kier molecular flexibility index (Phi) is 1.67. The summed E-state index contributed by atoms with van der Waals surface area (Å²) in [6, 6.07) is 5.01. The lowest BCUT2D eigenvalue weighted by Gasteiger charge is -2.05. The minimum atomic E-state index is 0.183. The van der Waals surface area contributed by atoms with Gasteiger partial charge in [-0.05, 0) is 12.1 Å². The van der Waals surface area contributed by atoms with Crippen molar-refractivity contribution in [2.45, 2.75) is 0 Å². The summed E-state index contributed by atoms with van der Waals surface area (Å²) in [6.45, 7) is 0. The van der Waals surface area contributed by atoms with Gasteiger partial charge in [-0.3, -0.25) is 0 Å². The van der Waals surface area contributed by atoms with Crippen LogP contribution in [0, 0.1) is 0 Å². The Morgan fingerprint density at radius 1 is 1.50 bits per heavy atom. The van der Waals surface area contributed by atoms with Gasteiger partial charge in [0.2, 0.25) is 0 Å². The Labute approximate surface area is 59.5 Å². The van der Waals surface area contributed by atoms with E-state index >= 15 is 0 Å². The fourth-order valence-corrected chi connectivity index (χ4v) is 0.830. The van der Waals surface area contributed by atoms with E-state index < -0.39 is 0 Å². The number of hydrogen-bond acceptors (Lipinski definition) is 3. The highest BCUT2D eigenvalue weighted by atomic mass is 16.3. The first-order valence-electron chi connectivity index (χ1n) is 3.01. The first kappa shape index (κ1) is 6.74. The highest BCUT2D eigenvalue weighted by Gasteiger charge is 1.99. The van der Waals surface area contributed by atoms with Gasteiger partial charge in [-0.15, -0.1) is 0 Å². The molecule has 0 amide bonds. The van der Waals surface area contributed by atoms with Crippen molar-refractivity contribution in [2.75, 3.05) is 18.1 Å². The molecule has 0 saturated heterocycles. The van der Waals surface area contributed by atoms with Crippen molar-refractivity contribution in [2.24, 2.45) is 0 Å².